The number of nitrogens with zero attached hydrogens (tertiary/aromatic N) is 2. The van der Waals surface area contributed by atoms with Gasteiger partial charge in [-0.05, 0) is 48.7 Å². The number of hydrogen-bond donors (Lipinski definition) is 1. The Kier molecular flexibility index (Phi) is 5.13. The number of anilines is 1. The van der Waals surface area contributed by atoms with Crippen molar-refractivity contribution in [2.24, 2.45) is 0 Å². The molecule has 0 atom stereocenters. The van der Waals surface area contributed by atoms with Crippen LogP contribution in [0.15, 0.2) is 47.4 Å². The van der Waals surface area contributed by atoms with Crippen molar-refractivity contribution in [3.05, 3.63) is 59.2 Å². The Bertz CT molecular complexity index is 857. The fourth-order valence-electron chi connectivity index (χ4n) is 3.20. The van der Waals surface area contributed by atoms with Crippen LogP contribution in [-0.4, -0.2) is 43.8 Å². The second-order valence-corrected chi connectivity index (χ2v) is 8.60. The quantitative estimate of drug-likeness (QED) is 0.851. The molecule has 1 saturated heterocycles. The van der Waals surface area contributed by atoms with E-state index in [9.17, 15) is 8.42 Å². The average Bonchev–Trinajstić information content (AvgIpc) is 2.57. The molecule has 0 spiro atoms. The SMILES string of the molecule is Cc1ccc(C)c(S(=O)(=O)N2CCN(Cc3cccc(N)c3)CC2)c1. The topological polar surface area (TPSA) is 66.6 Å². The maximum absolute atomic E-state index is 13.0. The van der Waals surface area contributed by atoms with Crippen molar-refractivity contribution >= 4 is 15.7 Å². The molecule has 0 aliphatic carbocycles. The van der Waals surface area contributed by atoms with Crippen LogP contribution in [0.25, 0.3) is 0 Å². The minimum atomic E-state index is -3.43. The number of nitrogen functional groups attached to an aromatic ring is 1. The molecule has 0 unspecified atom stereocenters. The maximum atomic E-state index is 13.0. The third kappa shape index (κ3) is 4.03. The number of piperazine rings is 1. The molecule has 0 bridgehead atoms. The number of nitrogens with two attached hydrogens (primary N) is 1. The fourth-order valence-corrected chi connectivity index (χ4v) is 4.93. The first-order valence-electron chi connectivity index (χ1n) is 8.50. The van der Waals surface area contributed by atoms with E-state index in [1.54, 1.807) is 10.4 Å². The predicted octanol–water partition coefficient (Wildman–Crippen LogP) is 2.39. The van der Waals surface area contributed by atoms with E-state index in [2.05, 4.69) is 11.0 Å². The third-order valence-corrected chi connectivity index (χ3v) is 6.69. The Morgan fingerprint density at radius 2 is 1.72 bits per heavy atom. The fraction of sp³-hybridized carbons (Fsp3) is 0.368. The summed E-state index contributed by atoms with van der Waals surface area (Å²) in [7, 11) is -3.43. The summed E-state index contributed by atoms with van der Waals surface area (Å²) in [5.74, 6) is 0. The van der Waals surface area contributed by atoms with Crippen LogP contribution in [0.5, 0.6) is 0 Å². The molecule has 0 radical (unpaired) electrons. The van der Waals surface area contributed by atoms with Gasteiger partial charge >= 0.3 is 0 Å². The molecule has 1 heterocycles. The minimum absolute atomic E-state index is 0.428. The summed E-state index contributed by atoms with van der Waals surface area (Å²) in [4.78, 5) is 2.70. The molecule has 6 heteroatoms. The van der Waals surface area contributed by atoms with Gasteiger partial charge in [0.2, 0.25) is 10.0 Å². The molecular weight excluding hydrogens is 334 g/mol. The molecule has 2 aromatic carbocycles. The van der Waals surface area contributed by atoms with Gasteiger partial charge in [-0.15, -0.1) is 0 Å². The van der Waals surface area contributed by atoms with Crippen LogP contribution < -0.4 is 5.73 Å². The molecule has 1 aliphatic rings. The molecule has 2 aromatic rings. The lowest BCUT2D eigenvalue weighted by Gasteiger charge is -2.34. The number of sulfonamides is 1. The van der Waals surface area contributed by atoms with Crippen LogP contribution in [-0.2, 0) is 16.6 Å². The van der Waals surface area contributed by atoms with Crippen LogP contribution >= 0.6 is 0 Å². The molecule has 0 amide bonds. The molecule has 1 fully saturated rings. The molecule has 1 aliphatic heterocycles. The van der Waals surface area contributed by atoms with Crippen molar-refractivity contribution < 1.29 is 8.42 Å². The number of benzene rings is 2. The monoisotopic (exact) mass is 359 g/mol. The lowest BCUT2D eigenvalue weighted by molar-refractivity contribution is 0.181. The Labute approximate surface area is 150 Å². The molecule has 0 saturated carbocycles. The van der Waals surface area contributed by atoms with Crippen molar-refractivity contribution in [2.45, 2.75) is 25.3 Å². The van der Waals surface area contributed by atoms with E-state index in [1.807, 2.05) is 44.2 Å². The van der Waals surface area contributed by atoms with Crippen molar-refractivity contribution in [1.82, 2.24) is 9.21 Å². The summed E-state index contributed by atoms with van der Waals surface area (Å²) in [6, 6.07) is 13.4. The zero-order valence-corrected chi connectivity index (χ0v) is 15.6. The normalized spacial score (nSPS) is 16.9. The van der Waals surface area contributed by atoms with E-state index in [1.165, 1.54) is 0 Å². The van der Waals surface area contributed by atoms with Gasteiger partial charge in [-0.2, -0.15) is 4.31 Å². The second-order valence-electron chi connectivity index (χ2n) is 6.69. The lowest BCUT2D eigenvalue weighted by Crippen LogP contribution is -2.48. The van der Waals surface area contributed by atoms with E-state index in [-0.39, 0.29) is 0 Å². The molecule has 25 heavy (non-hydrogen) atoms. The van der Waals surface area contributed by atoms with E-state index in [0.717, 1.165) is 42.0 Å². The van der Waals surface area contributed by atoms with Crippen LogP contribution in [0.3, 0.4) is 0 Å². The van der Waals surface area contributed by atoms with Gasteiger partial charge in [0.25, 0.3) is 0 Å². The largest absolute Gasteiger partial charge is 0.399 e. The van der Waals surface area contributed by atoms with Crippen molar-refractivity contribution in [1.29, 1.82) is 0 Å². The smallest absolute Gasteiger partial charge is 0.243 e. The van der Waals surface area contributed by atoms with Crippen molar-refractivity contribution in [2.75, 3.05) is 31.9 Å². The van der Waals surface area contributed by atoms with Gasteiger partial charge in [-0.1, -0.05) is 24.3 Å². The van der Waals surface area contributed by atoms with Crippen molar-refractivity contribution in [3.8, 4) is 0 Å². The van der Waals surface area contributed by atoms with Gasteiger partial charge in [0.05, 0.1) is 4.90 Å². The van der Waals surface area contributed by atoms with Crippen LogP contribution in [0.4, 0.5) is 5.69 Å². The average molecular weight is 359 g/mol. The highest BCUT2D eigenvalue weighted by Crippen LogP contribution is 2.23. The van der Waals surface area contributed by atoms with E-state index in [0.29, 0.717) is 18.0 Å². The summed E-state index contributed by atoms with van der Waals surface area (Å²) >= 11 is 0. The first-order chi connectivity index (χ1) is 11.9. The van der Waals surface area contributed by atoms with E-state index >= 15 is 0 Å². The Morgan fingerprint density at radius 1 is 1.00 bits per heavy atom. The molecule has 0 aromatic heterocycles. The predicted molar refractivity (Wildman–Crippen MR) is 101 cm³/mol. The second kappa shape index (κ2) is 7.15. The highest BCUT2D eigenvalue weighted by molar-refractivity contribution is 7.89. The van der Waals surface area contributed by atoms with Crippen LogP contribution in [0.1, 0.15) is 16.7 Å². The molecule has 134 valence electrons. The van der Waals surface area contributed by atoms with Crippen LogP contribution in [0.2, 0.25) is 0 Å². The van der Waals surface area contributed by atoms with Crippen molar-refractivity contribution in [3.63, 3.8) is 0 Å². The first-order valence-corrected chi connectivity index (χ1v) is 9.94. The van der Waals surface area contributed by atoms with E-state index in [4.69, 9.17) is 5.73 Å². The van der Waals surface area contributed by atoms with Gasteiger partial charge in [0, 0.05) is 38.4 Å². The number of hydrogen-bond acceptors (Lipinski definition) is 4. The Balaban J connectivity index is 1.68. The summed E-state index contributed by atoms with van der Waals surface area (Å²) in [6.07, 6.45) is 0. The van der Waals surface area contributed by atoms with E-state index < -0.39 is 10.0 Å². The summed E-state index contributed by atoms with van der Waals surface area (Å²) in [6.45, 7) is 7.03. The molecule has 5 nitrogen and oxygen atoms in total. The molecule has 2 N–H and O–H groups in total. The highest BCUT2D eigenvalue weighted by atomic mass is 32.2. The maximum Gasteiger partial charge on any atom is 0.243 e. The molecule has 3 rings (SSSR count). The standard InChI is InChI=1S/C19H25N3O2S/c1-15-6-7-16(2)19(12-15)25(23,24)22-10-8-21(9-11-22)14-17-4-3-5-18(20)13-17/h3-7,12-13H,8-11,14,20H2,1-2H3. The zero-order valence-electron chi connectivity index (χ0n) is 14.8. The van der Waals surface area contributed by atoms with Crippen LogP contribution in [0, 0.1) is 13.8 Å². The van der Waals surface area contributed by atoms with Gasteiger partial charge in [-0.3, -0.25) is 4.90 Å². The van der Waals surface area contributed by atoms with Gasteiger partial charge in [0.1, 0.15) is 0 Å². The Morgan fingerprint density at radius 3 is 2.40 bits per heavy atom. The zero-order chi connectivity index (χ0) is 18.0. The number of aryl methyl sites for hydroxylation is 2. The third-order valence-electron chi connectivity index (χ3n) is 4.65. The number of rotatable bonds is 4. The summed E-state index contributed by atoms with van der Waals surface area (Å²) < 4.78 is 27.5. The minimum Gasteiger partial charge on any atom is -0.399 e. The molecular formula is C19H25N3O2S. The highest BCUT2D eigenvalue weighted by Gasteiger charge is 2.29. The van der Waals surface area contributed by atoms with Gasteiger partial charge in [-0.25, -0.2) is 8.42 Å². The summed E-state index contributed by atoms with van der Waals surface area (Å²) in [5, 5.41) is 0. The summed E-state index contributed by atoms with van der Waals surface area (Å²) in [5.41, 5.74) is 9.51. The first kappa shape index (κ1) is 17.9. The van der Waals surface area contributed by atoms with Gasteiger partial charge < -0.3 is 5.73 Å². The lowest BCUT2D eigenvalue weighted by atomic mass is 10.2. The van der Waals surface area contributed by atoms with Gasteiger partial charge in [0.15, 0.2) is 0 Å². The Hall–Kier alpha value is -1.89.